The second kappa shape index (κ2) is 7.99. The van der Waals surface area contributed by atoms with Crippen molar-refractivity contribution in [2.75, 3.05) is 26.3 Å². The van der Waals surface area contributed by atoms with Crippen LogP contribution in [0.2, 0.25) is 0 Å². The van der Waals surface area contributed by atoms with Gasteiger partial charge in [-0.3, -0.25) is 4.79 Å². The molecule has 6 heteroatoms. The first-order chi connectivity index (χ1) is 9.08. The van der Waals surface area contributed by atoms with E-state index in [1.807, 2.05) is 0 Å². The van der Waals surface area contributed by atoms with E-state index in [0.29, 0.717) is 32.2 Å². The van der Waals surface area contributed by atoms with E-state index in [0.717, 1.165) is 12.8 Å². The van der Waals surface area contributed by atoms with Gasteiger partial charge < -0.3 is 20.1 Å². The molecule has 0 aliphatic carbocycles. The number of carbonyl (C=O) groups is 2. The smallest absolute Gasteiger partial charge is 0.317 e. The second-order valence-electron chi connectivity index (χ2n) is 4.89. The number of morpholine rings is 1. The van der Waals surface area contributed by atoms with Gasteiger partial charge in [-0.1, -0.05) is 26.7 Å². The largest absolute Gasteiger partial charge is 0.481 e. The Morgan fingerprint density at radius 2 is 2.11 bits per heavy atom. The molecule has 0 aromatic heterocycles. The fourth-order valence-electron chi connectivity index (χ4n) is 2.20. The number of hydrogen-bond acceptors (Lipinski definition) is 3. The number of nitrogens with one attached hydrogen (secondary N) is 1. The van der Waals surface area contributed by atoms with Crippen LogP contribution in [0.4, 0.5) is 4.79 Å². The molecule has 2 amide bonds. The van der Waals surface area contributed by atoms with Gasteiger partial charge in [-0.2, -0.15) is 0 Å². The van der Waals surface area contributed by atoms with Crippen molar-refractivity contribution in [2.45, 2.75) is 39.2 Å². The summed E-state index contributed by atoms with van der Waals surface area (Å²) in [6.07, 6.45) is 1.98. The summed E-state index contributed by atoms with van der Waals surface area (Å²) in [4.78, 5) is 24.5. The summed E-state index contributed by atoms with van der Waals surface area (Å²) < 4.78 is 5.25. The highest BCUT2D eigenvalue weighted by molar-refractivity contribution is 5.76. The third-order valence-electron chi connectivity index (χ3n) is 3.60. The van der Waals surface area contributed by atoms with E-state index in [2.05, 4.69) is 19.2 Å². The zero-order chi connectivity index (χ0) is 14.3. The van der Waals surface area contributed by atoms with Gasteiger partial charge in [0.2, 0.25) is 0 Å². The molecule has 0 aromatic rings. The van der Waals surface area contributed by atoms with E-state index in [1.54, 1.807) is 4.90 Å². The number of amides is 2. The van der Waals surface area contributed by atoms with Gasteiger partial charge >= 0.3 is 12.0 Å². The maximum absolute atomic E-state index is 12.1. The number of carboxylic acids is 1. The summed E-state index contributed by atoms with van der Waals surface area (Å²) in [7, 11) is 0. The standard InChI is InChI=1S/C13H24N2O4/c1-3-10(4-2)8-14-13(18)15-5-6-19-9-11(15)7-12(16)17/h10-11H,3-9H2,1-2H3,(H,14,18)(H,16,17). The number of aliphatic carboxylic acids is 1. The Morgan fingerprint density at radius 1 is 1.42 bits per heavy atom. The maximum atomic E-state index is 12.1. The van der Waals surface area contributed by atoms with Crippen LogP contribution in [0, 0.1) is 5.92 Å². The van der Waals surface area contributed by atoms with Crippen LogP contribution in [0.15, 0.2) is 0 Å². The average Bonchev–Trinajstić information content (AvgIpc) is 2.39. The van der Waals surface area contributed by atoms with Crippen molar-refractivity contribution < 1.29 is 19.4 Å². The number of urea groups is 1. The first-order valence-electron chi connectivity index (χ1n) is 6.92. The molecule has 0 aromatic carbocycles. The van der Waals surface area contributed by atoms with Crippen molar-refractivity contribution in [3.05, 3.63) is 0 Å². The molecule has 1 rings (SSSR count). The first kappa shape index (κ1) is 15.8. The molecule has 1 unspecified atom stereocenters. The predicted octanol–water partition coefficient (Wildman–Crippen LogP) is 1.31. The van der Waals surface area contributed by atoms with Gasteiger partial charge in [-0.05, 0) is 5.92 Å². The highest BCUT2D eigenvalue weighted by Gasteiger charge is 2.29. The third-order valence-corrected chi connectivity index (χ3v) is 3.60. The van der Waals surface area contributed by atoms with Crippen LogP contribution in [-0.2, 0) is 9.53 Å². The normalized spacial score (nSPS) is 19.5. The van der Waals surface area contributed by atoms with E-state index in [9.17, 15) is 9.59 Å². The molecule has 1 saturated heterocycles. The molecular weight excluding hydrogens is 248 g/mol. The van der Waals surface area contributed by atoms with Crippen molar-refractivity contribution in [3.63, 3.8) is 0 Å². The predicted molar refractivity (Wildman–Crippen MR) is 71.0 cm³/mol. The lowest BCUT2D eigenvalue weighted by Gasteiger charge is -2.35. The van der Waals surface area contributed by atoms with Crippen LogP contribution in [0.1, 0.15) is 33.1 Å². The Hall–Kier alpha value is -1.30. The molecule has 1 heterocycles. The Bertz CT molecular complexity index is 305. The number of carboxylic acid groups (broad SMARTS) is 1. The molecular formula is C13H24N2O4. The SMILES string of the molecule is CCC(CC)CNC(=O)N1CCOCC1CC(=O)O. The molecule has 0 bridgehead atoms. The molecule has 6 nitrogen and oxygen atoms in total. The molecule has 0 radical (unpaired) electrons. The lowest BCUT2D eigenvalue weighted by Crippen LogP contribution is -2.53. The second-order valence-corrected chi connectivity index (χ2v) is 4.89. The minimum absolute atomic E-state index is 0.0710. The van der Waals surface area contributed by atoms with Gasteiger partial charge in [0, 0.05) is 13.1 Å². The number of rotatable bonds is 6. The van der Waals surface area contributed by atoms with E-state index in [-0.39, 0.29) is 18.5 Å². The monoisotopic (exact) mass is 272 g/mol. The zero-order valence-corrected chi connectivity index (χ0v) is 11.7. The molecule has 1 aliphatic heterocycles. The van der Waals surface area contributed by atoms with Crippen LogP contribution in [0.5, 0.6) is 0 Å². The van der Waals surface area contributed by atoms with Crippen LogP contribution < -0.4 is 5.32 Å². The Balaban J connectivity index is 2.49. The lowest BCUT2D eigenvalue weighted by molar-refractivity contribution is -0.139. The zero-order valence-electron chi connectivity index (χ0n) is 11.7. The van der Waals surface area contributed by atoms with Crippen LogP contribution in [0.25, 0.3) is 0 Å². The van der Waals surface area contributed by atoms with Gasteiger partial charge in [0.1, 0.15) is 0 Å². The van der Waals surface area contributed by atoms with Crippen LogP contribution in [-0.4, -0.2) is 54.4 Å². The highest BCUT2D eigenvalue weighted by atomic mass is 16.5. The van der Waals surface area contributed by atoms with E-state index in [4.69, 9.17) is 9.84 Å². The molecule has 2 N–H and O–H groups in total. The van der Waals surface area contributed by atoms with E-state index < -0.39 is 5.97 Å². The summed E-state index contributed by atoms with van der Waals surface area (Å²) in [5.74, 6) is -0.434. The Kier molecular flexibility index (Phi) is 6.62. The molecule has 1 fully saturated rings. The fourth-order valence-corrected chi connectivity index (χ4v) is 2.20. The first-order valence-corrected chi connectivity index (χ1v) is 6.92. The molecule has 110 valence electrons. The van der Waals surface area contributed by atoms with Gasteiger partial charge in [0.05, 0.1) is 25.7 Å². The maximum Gasteiger partial charge on any atom is 0.317 e. The quantitative estimate of drug-likeness (QED) is 0.764. The summed E-state index contributed by atoms with van der Waals surface area (Å²) in [6.45, 7) is 6.06. The number of hydrogen-bond donors (Lipinski definition) is 2. The molecule has 19 heavy (non-hydrogen) atoms. The van der Waals surface area contributed by atoms with Crippen molar-refractivity contribution in [1.82, 2.24) is 10.2 Å². The Labute approximate surface area is 114 Å². The van der Waals surface area contributed by atoms with Gasteiger partial charge in [0.25, 0.3) is 0 Å². The van der Waals surface area contributed by atoms with Crippen LogP contribution >= 0.6 is 0 Å². The van der Waals surface area contributed by atoms with Gasteiger partial charge in [-0.15, -0.1) is 0 Å². The van der Waals surface area contributed by atoms with Crippen LogP contribution in [0.3, 0.4) is 0 Å². The lowest BCUT2D eigenvalue weighted by atomic mass is 10.0. The molecule has 1 atom stereocenters. The minimum Gasteiger partial charge on any atom is -0.481 e. The van der Waals surface area contributed by atoms with Crippen molar-refractivity contribution in [1.29, 1.82) is 0 Å². The minimum atomic E-state index is -0.909. The average molecular weight is 272 g/mol. The van der Waals surface area contributed by atoms with Gasteiger partial charge in [-0.25, -0.2) is 4.79 Å². The number of carbonyl (C=O) groups excluding carboxylic acids is 1. The van der Waals surface area contributed by atoms with Crippen molar-refractivity contribution in [2.24, 2.45) is 5.92 Å². The summed E-state index contributed by atoms with van der Waals surface area (Å²) in [5.41, 5.74) is 0. The summed E-state index contributed by atoms with van der Waals surface area (Å²) in [6, 6.07) is -0.547. The fraction of sp³-hybridized carbons (Fsp3) is 0.846. The van der Waals surface area contributed by atoms with Gasteiger partial charge in [0.15, 0.2) is 0 Å². The van der Waals surface area contributed by atoms with Crippen molar-refractivity contribution in [3.8, 4) is 0 Å². The Morgan fingerprint density at radius 3 is 2.68 bits per heavy atom. The topological polar surface area (TPSA) is 78.9 Å². The molecule has 0 spiro atoms. The summed E-state index contributed by atoms with van der Waals surface area (Å²) >= 11 is 0. The highest BCUT2D eigenvalue weighted by Crippen LogP contribution is 2.12. The van der Waals surface area contributed by atoms with E-state index >= 15 is 0 Å². The molecule has 0 saturated carbocycles. The summed E-state index contributed by atoms with van der Waals surface area (Å²) in [5, 5.41) is 11.7. The van der Waals surface area contributed by atoms with E-state index in [1.165, 1.54) is 0 Å². The number of ether oxygens (including phenoxy) is 1. The third kappa shape index (κ3) is 5.06. The number of nitrogens with zero attached hydrogens (tertiary/aromatic N) is 1. The molecule has 1 aliphatic rings. The van der Waals surface area contributed by atoms with Crippen molar-refractivity contribution >= 4 is 12.0 Å².